The number of benzene rings is 1. The van der Waals surface area contributed by atoms with E-state index in [0.717, 1.165) is 0 Å². The third-order valence-corrected chi connectivity index (χ3v) is 3.00. The van der Waals surface area contributed by atoms with Gasteiger partial charge in [-0.25, -0.2) is 4.98 Å². The van der Waals surface area contributed by atoms with Crippen LogP contribution in [0.1, 0.15) is 5.76 Å². The summed E-state index contributed by atoms with van der Waals surface area (Å²) in [5, 5.41) is 0. The van der Waals surface area contributed by atoms with Crippen LogP contribution in [0.5, 0.6) is 0 Å². The molecule has 0 spiro atoms. The second-order valence-electron chi connectivity index (χ2n) is 4.55. The maximum atomic E-state index is 13.2. The van der Waals surface area contributed by atoms with Gasteiger partial charge in [-0.2, -0.15) is 13.2 Å². The van der Waals surface area contributed by atoms with Crippen molar-refractivity contribution in [3.05, 3.63) is 54.6 Å². The molecule has 0 amide bonds. The number of rotatable bonds is 2. The van der Waals surface area contributed by atoms with Gasteiger partial charge in [-0.3, -0.25) is 4.98 Å². The summed E-state index contributed by atoms with van der Waals surface area (Å²) in [5.74, 6) is -1.25. The van der Waals surface area contributed by atoms with Crippen LogP contribution in [0.15, 0.2) is 53.2 Å². The van der Waals surface area contributed by atoms with Crippen molar-refractivity contribution in [2.75, 3.05) is 5.73 Å². The van der Waals surface area contributed by atoms with Gasteiger partial charge in [0, 0.05) is 29.2 Å². The molecule has 0 radical (unpaired) electrons. The van der Waals surface area contributed by atoms with Crippen LogP contribution < -0.4 is 5.73 Å². The number of hydrogen-bond acceptors (Lipinski definition) is 4. The Morgan fingerprint density at radius 2 is 1.55 bits per heavy atom. The fourth-order valence-electron chi connectivity index (χ4n) is 1.97. The van der Waals surface area contributed by atoms with E-state index >= 15 is 0 Å². The maximum absolute atomic E-state index is 13.2. The lowest BCUT2D eigenvalue weighted by atomic mass is 10.1. The van der Waals surface area contributed by atoms with E-state index in [2.05, 4.69) is 9.97 Å². The topological polar surface area (TPSA) is 64.9 Å². The molecule has 0 saturated heterocycles. The third kappa shape index (κ3) is 2.65. The minimum atomic E-state index is -4.64. The van der Waals surface area contributed by atoms with Crippen LogP contribution in [0.2, 0.25) is 0 Å². The summed E-state index contributed by atoms with van der Waals surface area (Å²) in [6, 6.07) is 9.13. The lowest BCUT2D eigenvalue weighted by Gasteiger charge is -2.04. The Balaban J connectivity index is 2.15. The number of halogens is 3. The van der Waals surface area contributed by atoms with Crippen molar-refractivity contribution in [1.29, 1.82) is 0 Å². The van der Waals surface area contributed by atoms with Crippen molar-refractivity contribution < 1.29 is 17.6 Å². The Hall–Kier alpha value is -2.83. The summed E-state index contributed by atoms with van der Waals surface area (Å²) in [6.07, 6.45) is -1.85. The molecule has 3 aromatic rings. The average molecular weight is 305 g/mol. The Morgan fingerprint density at radius 1 is 0.909 bits per heavy atom. The van der Waals surface area contributed by atoms with Gasteiger partial charge >= 0.3 is 6.18 Å². The highest BCUT2D eigenvalue weighted by Crippen LogP contribution is 2.39. The van der Waals surface area contributed by atoms with E-state index in [1.54, 1.807) is 24.3 Å². The monoisotopic (exact) mass is 305 g/mol. The summed E-state index contributed by atoms with van der Waals surface area (Å²) in [5.41, 5.74) is 6.50. The Labute approximate surface area is 123 Å². The van der Waals surface area contributed by atoms with E-state index in [0.29, 0.717) is 11.3 Å². The standard InChI is InChI=1S/C15H10F3N3O/c16-15(17,18)13-12(9-5-7-20-8-6-9)21-14(22-13)10-1-3-11(19)4-2-10/h1-8H,19H2. The van der Waals surface area contributed by atoms with Crippen molar-refractivity contribution in [2.45, 2.75) is 6.18 Å². The zero-order valence-corrected chi connectivity index (χ0v) is 11.1. The van der Waals surface area contributed by atoms with Gasteiger partial charge in [-0.1, -0.05) is 0 Å². The molecule has 22 heavy (non-hydrogen) atoms. The molecule has 0 aliphatic rings. The highest BCUT2D eigenvalue weighted by Gasteiger charge is 2.40. The third-order valence-electron chi connectivity index (χ3n) is 3.00. The largest absolute Gasteiger partial charge is 0.451 e. The second kappa shape index (κ2) is 5.18. The molecule has 2 aromatic heterocycles. The maximum Gasteiger partial charge on any atom is 0.451 e. The molecule has 2 heterocycles. The predicted molar refractivity (Wildman–Crippen MR) is 74.6 cm³/mol. The van der Waals surface area contributed by atoms with Gasteiger partial charge in [-0.05, 0) is 36.4 Å². The molecule has 0 aliphatic carbocycles. The van der Waals surface area contributed by atoms with Crippen LogP contribution >= 0.6 is 0 Å². The minimum Gasteiger partial charge on any atom is -0.431 e. The van der Waals surface area contributed by atoms with Crippen LogP contribution in [0.4, 0.5) is 18.9 Å². The van der Waals surface area contributed by atoms with Gasteiger partial charge < -0.3 is 10.2 Å². The van der Waals surface area contributed by atoms with Crippen LogP contribution in [-0.4, -0.2) is 9.97 Å². The van der Waals surface area contributed by atoms with Crippen molar-refractivity contribution >= 4 is 5.69 Å². The fraction of sp³-hybridized carbons (Fsp3) is 0.0667. The fourth-order valence-corrected chi connectivity index (χ4v) is 1.97. The molecule has 0 unspecified atom stereocenters. The van der Waals surface area contributed by atoms with Gasteiger partial charge in [0.25, 0.3) is 0 Å². The van der Waals surface area contributed by atoms with E-state index in [9.17, 15) is 13.2 Å². The first-order chi connectivity index (χ1) is 10.4. The van der Waals surface area contributed by atoms with Gasteiger partial charge in [0.05, 0.1) is 0 Å². The molecule has 4 nitrogen and oxygen atoms in total. The zero-order chi connectivity index (χ0) is 15.7. The van der Waals surface area contributed by atoms with Crippen LogP contribution in [-0.2, 0) is 6.18 Å². The van der Waals surface area contributed by atoms with Gasteiger partial charge in [0.15, 0.2) is 0 Å². The summed E-state index contributed by atoms with van der Waals surface area (Å²) in [4.78, 5) is 7.78. The van der Waals surface area contributed by atoms with E-state index in [1.807, 2.05) is 0 Å². The molecule has 2 N–H and O–H groups in total. The van der Waals surface area contributed by atoms with Crippen LogP contribution in [0, 0.1) is 0 Å². The molecule has 7 heteroatoms. The van der Waals surface area contributed by atoms with Crippen LogP contribution in [0.25, 0.3) is 22.7 Å². The number of hydrogen-bond donors (Lipinski definition) is 1. The number of anilines is 1. The Kier molecular flexibility index (Phi) is 3.32. The number of oxazole rings is 1. The summed E-state index contributed by atoms with van der Waals surface area (Å²) < 4.78 is 44.4. The van der Waals surface area contributed by atoms with Crippen molar-refractivity contribution in [2.24, 2.45) is 0 Å². The van der Waals surface area contributed by atoms with E-state index in [1.165, 1.54) is 24.5 Å². The molecule has 1 aromatic carbocycles. The normalized spacial score (nSPS) is 11.6. The minimum absolute atomic E-state index is 0.112. The first kappa shape index (κ1) is 14.1. The summed E-state index contributed by atoms with van der Waals surface area (Å²) >= 11 is 0. The molecule has 0 fully saturated rings. The number of aromatic nitrogens is 2. The van der Waals surface area contributed by atoms with Crippen molar-refractivity contribution in [3.63, 3.8) is 0 Å². The Morgan fingerprint density at radius 3 is 2.14 bits per heavy atom. The highest BCUT2D eigenvalue weighted by molar-refractivity contribution is 5.66. The first-order valence-electron chi connectivity index (χ1n) is 6.29. The lowest BCUT2D eigenvalue weighted by molar-refractivity contribution is -0.152. The van der Waals surface area contributed by atoms with Crippen molar-refractivity contribution in [1.82, 2.24) is 9.97 Å². The first-order valence-corrected chi connectivity index (χ1v) is 6.29. The molecule has 112 valence electrons. The number of nitrogens with two attached hydrogens (primary N) is 1. The van der Waals surface area contributed by atoms with Gasteiger partial charge in [-0.15, -0.1) is 0 Å². The molecule has 0 bridgehead atoms. The smallest absolute Gasteiger partial charge is 0.431 e. The molecule has 0 aliphatic heterocycles. The predicted octanol–water partition coefficient (Wildman–Crippen LogP) is 4.00. The molecule has 3 rings (SSSR count). The highest BCUT2D eigenvalue weighted by atomic mass is 19.4. The number of pyridine rings is 1. The molecule has 0 atom stereocenters. The second-order valence-corrected chi connectivity index (χ2v) is 4.55. The number of nitrogens with zero attached hydrogens (tertiary/aromatic N) is 2. The van der Waals surface area contributed by atoms with E-state index < -0.39 is 11.9 Å². The Bertz CT molecular complexity index is 780. The van der Waals surface area contributed by atoms with E-state index in [4.69, 9.17) is 10.2 Å². The molecular weight excluding hydrogens is 295 g/mol. The zero-order valence-electron chi connectivity index (χ0n) is 11.1. The molecular formula is C15H10F3N3O. The SMILES string of the molecule is Nc1ccc(-c2nc(-c3ccncc3)c(C(F)(F)F)o2)cc1. The van der Waals surface area contributed by atoms with Crippen molar-refractivity contribution in [3.8, 4) is 22.7 Å². The summed E-state index contributed by atoms with van der Waals surface area (Å²) in [6.45, 7) is 0. The van der Waals surface area contributed by atoms with E-state index in [-0.39, 0.29) is 17.1 Å². The average Bonchev–Trinajstić information content (AvgIpc) is 2.94. The number of nitrogen functional groups attached to an aromatic ring is 1. The summed E-state index contributed by atoms with van der Waals surface area (Å²) in [7, 11) is 0. The van der Waals surface area contributed by atoms with Gasteiger partial charge in [0.2, 0.25) is 11.7 Å². The molecule has 0 saturated carbocycles. The van der Waals surface area contributed by atoms with Gasteiger partial charge in [0.1, 0.15) is 5.69 Å². The lowest BCUT2D eigenvalue weighted by Crippen LogP contribution is -2.05. The van der Waals surface area contributed by atoms with Crippen LogP contribution in [0.3, 0.4) is 0 Å². The number of alkyl halides is 3. The quantitative estimate of drug-likeness (QED) is 0.727.